The summed E-state index contributed by atoms with van der Waals surface area (Å²) in [5.41, 5.74) is 0.602. The van der Waals surface area contributed by atoms with Gasteiger partial charge in [-0.15, -0.1) is 0 Å². The van der Waals surface area contributed by atoms with Crippen molar-refractivity contribution in [1.82, 2.24) is 5.32 Å². The first-order valence-corrected chi connectivity index (χ1v) is 9.52. The minimum atomic E-state index is -3.76. The molecular formula is C17H17ClN2O4S. The standard InChI is InChI=1S/C17H17ClN2O4S/c1-24-13-5-7-14(8-6-13)25(22,23)20-12-4-9-15(16(18)10-12)17(21)19-11-2-3-11/h4-11,20H,2-3H2,1H3,(H,19,21). The molecular weight excluding hydrogens is 364 g/mol. The van der Waals surface area contributed by atoms with E-state index in [-0.39, 0.29) is 27.6 Å². The molecule has 2 aromatic rings. The fourth-order valence-electron chi connectivity index (χ4n) is 2.22. The van der Waals surface area contributed by atoms with Crippen molar-refractivity contribution < 1.29 is 17.9 Å². The average Bonchev–Trinajstić information content (AvgIpc) is 3.38. The molecule has 0 radical (unpaired) electrons. The molecule has 8 heteroatoms. The highest BCUT2D eigenvalue weighted by atomic mass is 35.5. The molecule has 0 aliphatic heterocycles. The maximum Gasteiger partial charge on any atom is 0.261 e. The molecule has 0 saturated heterocycles. The summed E-state index contributed by atoms with van der Waals surface area (Å²) in [7, 11) is -2.26. The van der Waals surface area contributed by atoms with Gasteiger partial charge in [-0.1, -0.05) is 11.6 Å². The number of rotatable bonds is 6. The topological polar surface area (TPSA) is 84.5 Å². The lowest BCUT2D eigenvalue weighted by Gasteiger charge is -2.11. The van der Waals surface area contributed by atoms with Gasteiger partial charge in [0.05, 0.1) is 28.3 Å². The minimum absolute atomic E-state index is 0.0972. The van der Waals surface area contributed by atoms with Gasteiger partial charge in [-0.25, -0.2) is 8.42 Å². The summed E-state index contributed by atoms with van der Waals surface area (Å²) in [6.07, 6.45) is 1.95. The molecule has 0 spiro atoms. The van der Waals surface area contributed by atoms with Gasteiger partial charge in [-0.2, -0.15) is 0 Å². The SMILES string of the molecule is COc1ccc(S(=O)(=O)Nc2ccc(C(=O)NC3CC3)c(Cl)c2)cc1. The van der Waals surface area contributed by atoms with Crippen LogP contribution in [0.25, 0.3) is 0 Å². The Kier molecular flexibility index (Phi) is 4.87. The summed E-state index contributed by atoms with van der Waals surface area (Å²) < 4.78 is 32.3. The zero-order chi connectivity index (χ0) is 18.0. The van der Waals surface area contributed by atoms with Crippen LogP contribution in [0.2, 0.25) is 5.02 Å². The number of hydrogen-bond acceptors (Lipinski definition) is 4. The van der Waals surface area contributed by atoms with E-state index in [0.717, 1.165) is 12.8 Å². The Morgan fingerprint density at radius 2 is 1.84 bits per heavy atom. The predicted octanol–water partition coefficient (Wildman–Crippen LogP) is 3.04. The molecule has 1 saturated carbocycles. The van der Waals surface area contributed by atoms with Gasteiger partial charge in [0, 0.05) is 6.04 Å². The summed E-state index contributed by atoms with van der Waals surface area (Å²) >= 11 is 6.13. The van der Waals surface area contributed by atoms with E-state index in [2.05, 4.69) is 10.0 Å². The van der Waals surface area contributed by atoms with Gasteiger partial charge in [0.15, 0.2) is 0 Å². The third-order valence-corrected chi connectivity index (χ3v) is 5.46. The first-order chi connectivity index (χ1) is 11.9. The summed E-state index contributed by atoms with van der Waals surface area (Å²) in [5, 5.41) is 3.03. The van der Waals surface area contributed by atoms with Crippen molar-refractivity contribution in [2.24, 2.45) is 0 Å². The van der Waals surface area contributed by atoms with Crippen LogP contribution < -0.4 is 14.8 Å². The van der Waals surface area contributed by atoms with Gasteiger partial charge in [0.1, 0.15) is 5.75 Å². The van der Waals surface area contributed by atoms with Crippen LogP contribution in [0.1, 0.15) is 23.2 Å². The number of halogens is 1. The van der Waals surface area contributed by atoms with Crippen molar-refractivity contribution in [2.75, 3.05) is 11.8 Å². The second-order valence-corrected chi connectivity index (χ2v) is 7.81. The Bertz CT molecular complexity index is 893. The van der Waals surface area contributed by atoms with Gasteiger partial charge < -0.3 is 10.1 Å². The number of anilines is 1. The van der Waals surface area contributed by atoms with Gasteiger partial charge in [-0.05, 0) is 55.3 Å². The molecule has 0 heterocycles. The lowest BCUT2D eigenvalue weighted by atomic mass is 10.2. The number of methoxy groups -OCH3 is 1. The van der Waals surface area contributed by atoms with Crippen LogP contribution in [-0.4, -0.2) is 27.5 Å². The van der Waals surface area contributed by atoms with Gasteiger partial charge in [0.2, 0.25) is 0 Å². The minimum Gasteiger partial charge on any atom is -0.497 e. The van der Waals surface area contributed by atoms with Crippen molar-refractivity contribution in [2.45, 2.75) is 23.8 Å². The van der Waals surface area contributed by atoms with Crippen LogP contribution in [0.4, 0.5) is 5.69 Å². The van der Waals surface area contributed by atoms with Crippen molar-refractivity contribution in [3.63, 3.8) is 0 Å². The van der Waals surface area contributed by atoms with Crippen LogP contribution in [0.15, 0.2) is 47.4 Å². The normalized spacial score (nSPS) is 14.0. The molecule has 2 N–H and O–H groups in total. The number of amides is 1. The Morgan fingerprint density at radius 3 is 2.40 bits per heavy atom. The lowest BCUT2D eigenvalue weighted by molar-refractivity contribution is 0.0951. The largest absolute Gasteiger partial charge is 0.497 e. The molecule has 0 bridgehead atoms. The Hall–Kier alpha value is -2.25. The number of sulfonamides is 1. The van der Waals surface area contributed by atoms with E-state index < -0.39 is 10.0 Å². The highest BCUT2D eigenvalue weighted by Gasteiger charge is 2.25. The number of hydrogen-bond donors (Lipinski definition) is 2. The molecule has 25 heavy (non-hydrogen) atoms. The van der Waals surface area contributed by atoms with Crippen molar-refractivity contribution in [3.05, 3.63) is 53.1 Å². The average molecular weight is 381 g/mol. The first-order valence-electron chi connectivity index (χ1n) is 7.66. The van der Waals surface area contributed by atoms with Crippen LogP contribution in [0.5, 0.6) is 5.75 Å². The number of carbonyl (C=O) groups excluding carboxylic acids is 1. The number of ether oxygens (including phenoxy) is 1. The Morgan fingerprint density at radius 1 is 1.16 bits per heavy atom. The van der Waals surface area contributed by atoms with Crippen LogP contribution in [0, 0.1) is 0 Å². The van der Waals surface area contributed by atoms with Gasteiger partial charge >= 0.3 is 0 Å². The summed E-state index contributed by atoms with van der Waals surface area (Å²) in [4.78, 5) is 12.1. The molecule has 0 atom stereocenters. The van der Waals surface area contributed by atoms with Crippen LogP contribution in [-0.2, 0) is 10.0 Å². The van der Waals surface area contributed by atoms with E-state index in [0.29, 0.717) is 11.3 Å². The molecule has 1 aliphatic carbocycles. The summed E-state index contributed by atoms with van der Waals surface area (Å²) in [6.45, 7) is 0. The Balaban J connectivity index is 1.77. The zero-order valence-electron chi connectivity index (χ0n) is 13.5. The first kappa shape index (κ1) is 17.6. The predicted molar refractivity (Wildman–Crippen MR) is 95.7 cm³/mol. The summed E-state index contributed by atoms with van der Waals surface area (Å²) in [5.74, 6) is 0.310. The van der Waals surface area contributed by atoms with Crippen molar-refractivity contribution in [3.8, 4) is 5.75 Å². The van der Waals surface area contributed by atoms with E-state index >= 15 is 0 Å². The maximum absolute atomic E-state index is 12.4. The van der Waals surface area contributed by atoms with E-state index in [1.54, 1.807) is 12.1 Å². The molecule has 0 unspecified atom stereocenters. The zero-order valence-corrected chi connectivity index (χ0v) is 15.0. The molecule has 1 amide bonds. The van der Waals surface area contributed by atoms with Crippen LogP contribution in [0.3, 0.4) is 0 Å². The quantitative estimate of drug-likeness (QED) is 0.806. The van der Waals surface area contributed by atoms with E-state index in [1.807, 2.05) is 0 Å². The third-order valence-electron chi connectivity index (χ3n) is 3.75. The monoisotopic (exact) mass is 380 g/mol. The fraction of sp³-hybridized carbons (Fsp3) is 0.235. The molecule has 1 fully saturated rings. The second kappa shape index (κ2) is 6.93. The van der Waals surface area contributed by atoms with Crippen LogP contribution >= 0.6 is 11.6 Å². The molecule has 1 aliphatic rings. The molecule has 2 aromatic carbocycles. The van der Waals surface area contributed by atoms with E-state index in [4.69, 9.17) is 16.3 Å². The van der Waals surface area contributed by atoms with Gasteiger partial charge in [-0.3, -0.25) is 9.52 Å². The molecule has 0 aromatic heterocycles. The highest BCUT2D eigenvalue weighted by molar-refractivity contribution is 7.92. The molecule has 132 valence electrons. The fourth-order valence-corrected chi connectivity index (χ4v) is 3.54. The van der Waals surface area contributed by atoms with Gasteiger partial charge in [0.25, 0.3) is 15.9 Å². The molecule has 6 nitrogen and oxygen atoms in total. The van der Waals surface area contributed by atoms with Crippen molar-refractivity contribution in [1.29, 1.82) is 0 Å². The molecule has 3 rings (SSSR count). The third kappa shape index (κ3) is 4.24. The van der Waals surface area contributed by atoms with E-state index in [9.17, 15) is 13.2 Å². The van der Waals surface area contributed by atoms with Crippen molar-refractivity contribution >= 4 is 33.2 Å². The van der Waals surface area contributed by atoms with E-state index in [1.165, 1.54) is 37.4 Å². The number of benzene rings is 2. The number of carbonyl (C=O) groups is 1. The highest BCUT2D eigenvalue weighted by Crippen LogP contribution is 2.25. The summed E-state index contributed by atoms with van der Waals surface area (Å²) in [6, 6.07) is 10.7. The Labute approximate surface area is 151 Å². The smallest absolute Gasteiger partial charge is 0.261 e. The second-order valence-electron chi connectivity index (χ2n) is 5.72. The number of nitrogens with one attached hydrogen (secondary N) is 2. The lowest BCUT2D eigenvalue weighted by Crippen LogP contribution is -2.25. The maximum atomic E-state index is 12.4.